The molecule has 0 saturated carbocycles. The second-order valence-corrected chi connectivity index (χ2v) is 5.30. The Morgan fingerprint density at radius 3 is 2.27 bits per heavy atom. The standard InChI is InChI=1S/C18H18N2O2/c1-2-15-16(13-9-5-3-6-10-13)19-20(18(15)22)17(21)14-11-7-4-8-12-14/h3-12,15,18,22H,2H2,1H3. The number of hydrazone groups is 1. The highest BCUT2D eigenvalue weighted by molar-refractivity contribution is 6.06. The minimum atomic E-state index is -0.923. The molecule has 1 N–H and O–H groups in total. The van der Waals surface area contributed by atoms with Crippen LogP contribution in [0.2, 0.25) is 0 Å². The fourth-order valence-corrected chi connectivity index (χ4v) is 2.72. The van der Waals surface area contributed by atoms with Crippen LogP contribution in [0.25, 0.3) is 0 Å². The molecule has 0 aromatic heterocycles. The van der Waals surface area contributed by atoms with Gasteiger partial charge in [-0.25, -0.2) is 0 Å². The molecule has 4 nitrogen and oxygen atoms in total. The summed E-state index contributed by atoms with van der Waals surface area (Å²) in [5.74, 6) is -0.451. The molecule has 0 spiro atoms. The Labute approximate surface area is 129 Å². The number of carbonyl (C=O) groups is 1. The molecule has 2 unspecified atom stereocenters. The van der Waals surface area contributed by atoms with E-state index in [1.165, 1.54) is 5.01 Å². The summed E-state index contributed by atoms with van der Waals surface area (Å²) in [5.41, 5.74) is 2.23. The van der Waals surface area contributed by atoms with Crippen LogP contribution in [0.3, 0.4) is 0 Å². The summed E-state index contributed by atoms with van der Waals surface area (Å²) in [5, 5.41) is 16.1. The van der Waals surface area contributed by atoms with Gasteiger partial charge in [0.05, 0.1) is 11.6 Å². The van der Waals surface area contributed by atoms with E-state index in [1.807, 2.05) is 43.3 Å². The van der Waals surface area contributed by atoms with Crippen molar-refractivity contribution in [1.82, 2.24) is 5.01 Å². The highest BCUT2D eigenvalue weighted by atomic mass is 16.3. The topological polar surface area (TPSA) is 52.9 Å². The van der Waals surface area contributed by atoms with Crippen molar-refractivity contribution in [2.24, 2.45) is 11.0 Å². The normalized spacial score (nSPS) is 20.8. The monoisotopic (exact) mass is 294 g/mol. The van der Waals surface area contributed by atoms with Gasteiger partial charge in [0, 0.05) is 5.56 Å². The van der Waals surface area contributed by atoms with Crippen LogP contribution in [0.15, 0.2) is 65.8 Å². The number of aliphatic hydroxyl groups excluding tert-OH is 1. The lowest BCUT2D eigenvalue weighted by Crippen LogP contribution is -2.37. The van der Waals surface area contributed by atoms with E-state index in [0.717, 1.165) is 11.3 Å². The molecule has 1 aliphatic rings. The molecule has 1 amide bonds. The Kier molecular flexibility index (Phi) is 4.02. The number of hydrogen-bond acceptors (Lipinski definition) is 3. The first kappa shape index (κ1) is 14.5. The molecule has 2 aromatic carbocycles. The summed E-state index contributed by atoms with van der Waals surface area (Å²) >= 11 is 0. The predicted octanol–water partition coefficient (Wildman–Crippen LogP) is 2.89. The van der Waals surface area contributed by atoms with Gasteiger partial charge in [-0.2, -0.15) is 10.1 Å². The van der Waals surface area contributed by atoms with Gasteiger partial charge in [-0.3, -0.25) is 4.79 Å². The molecule has 1 heterocycles. The van der Waals surface area contributed by atoms with E-state index in [4.69, 9.17) is 0 Å². The van der Waals surface area contributed by atoms with Gasteiger partial charge in [0.15, 0.2) is 6.23 Å². The van der Waals surface area contributed by atoms with Crippen molar-refractivity contribution >= 4 is 11.6 Å². The van der Waals surface area contributed by atoms with Crippen molar-refractivity contribution < 1.29 is 9.90 Å². The van der Waals surface area contributed by atoms with Crippen LogP contribution in [-0.2, 0) is 0 Å². The number of benzene rings is 2. The van der Waals surface area contributed by atoms with Crippen molar-refractivity contribution in [2.75, 3.05) is 0 Å². The Hall–Kier alpha value is -2.46. The summed E-state index contributed by atoms with van der Waals surface area (Å²) in [6.07, 6.45) is -0.207. The minimum Gasteiger partial charge on any atom is -0.371 e. The third kappa shape index (κ3) is 2.53. The van der Waals surface area contributed by atoms with Gasteiger partial charge in [-0.05, 0) is 24.1 Å². The van der Waals surface area contributed by atoms with E-state index < -0.39 is 6.23 Å². The van der Waals surface area contributed by atoms with E-state index in [2.05, 4.69) is 5.10 Å². The zero-order valence-corrected chi connectivity index (χ0v) is 12.4. The molecule has 2 atom stereocenters. The molecule has 0 saturated heterocycles. The molecule has 112 valence electrons. The Morgan fingerprint density at radius 2 is 1.68 bits per heavy atom. The third-order valence-corrected chi connectivity index (χ3v) is 3.92. The third-order valence-electron chi connectivity index (χ3n) is 3.92. The quantitative estimate of drug-likeness (QED) is 0.946. The van der Waals surface area contributed by atoms with E-state index in [-0.39, 0.29) is 11.8 Å². The van der Waals surface area contributed by atoms with Crippen molar-refractivity contribution in [1.29, 1.82) is 0 Å². The van der Waals surface area contributed by atoms with Crippen LogP contribution >= 0.6 is 0 Å². The first-order valence-electron chi connectivity index (χ1n) is 7.43. The molecule has 4 heteroatoms. The van der Waals surface area contributed by atoms with Gasteiger partial charge in [0.1, 0.15) is 0 Å². The maximum absolute atomic E-state index is 12.6. The maximum Gasteiger partial charge on any atom is 0.276 e. The van der Waals surface area contributed by atoms with Gasteiger partial charge in [-0.15, -0.1) is 0 Å². The van der Waals surface area contributed by atoms with Crippen LogP contribution in [0.5, 0.6) is 0 Å². The fraction of sp³-hybridized carbons (Fsp3) is 0.222. The molecule has 3 rings (SSSR count). The van der Waals surface area contributed by atoms with E-state index in [9.17, 15) is 9.90 Å². The van der Waals surface area contributed by atoms with Crippen LogP contribution in [0.4, 0.5) is 0 Å². The average Bonchev–Trinajstić information content (AvgIpc) is 2.92. The Morgan fingerprint density at radius 1 is 1.09 bits per heavy atom. The van der Waals surface area contributed by atoms with Crippen LogP contribution in [-0.4, -0.2) is 28.0 Å². The van der Waals surface area contributed by atoms with E-state index in [1.54, 1.807) is 24.3 Å². The van der Waals surface area contributed by atoms with Gasteiger partial charge in [0.25, 0.3) is 5.91 Å². The van der Waals surface area contributed by atoms with Crippen molar-refractivity contribution in [3.05, 3.63) is 71.8 Å². The number of nitrogens with zero attached hydrogens (tertiary/aromatic N) is 2. The van der Waals surface area contributed by atoms with Crippen molar-refractivity contribution in [3.8, 4) is 0 Å². The smallest absolute Gasteiger partial charge is 0.276 e. The molecule has 0 radical (unpaired) electrons. The van der Waals surface area contributed by atoms with E-state index in [0.29, 0.717) is 12.0 Å². The molecule has 0 aliphatic carbocycles. The second-order valence-electron chi connectivity index (χ2n) is 5.30. The van der Waals surface area contributed by atoms with Crippen molar-refractivity contribution in [2.45, 2.75) is 19.6 Å². The van der Waals surface area contributed by atoms with Crippen LogP contribution in [0, 0.1) is 5.92 Å². The minimum absolute atomic E-state index is 0.171. The first-order valence-corrected chi connectivity index (χ1v) is 7.43. The lowest BCUT2D eigenvalue weighted by Gasteiger charge is -2.20. The number of aliphatic hydroxyl groups is 1. The number of hydrogen-bond donors (Lipinski definition) is 1. The lowest BCUT2D eigenvalue weighted by atomic mass is 9.94. The predicted molar refractivity (Wildman–Crippen MR) is 85.4 cm³/mol. The van der Waals surface area contributed by atoms with Gasteiger partial charge < -0.3 is 5.11 Å². The van der Waals surface area contributed by atoms with Gasteiger partial charge in [-0.1, -0.05) is 55.5 Å². The Bertz CT molecular complexity index is 683. The summed E-state index contributed by atoms with van der Waals surface area (Å²) in [6.45, 7) is 1.99. The fourth-order valence-electron chi connectivity index (χ4n) is 2.72. The molecule has 2 aromatic rings. The summed E-state index contributed by atoms with van der Waals surface area (Å²) in [6, 6.07) is 18.6. The molecule has 22 heavy (non-hydrogen) atoms. The largest absolute Gasteiger partial charge is 0.371 e. The van der Waals surface area contributed by atoms with Crippen LogP contribution in [0.1, 0.15) is 29.3 Å². The van der Waals surface area contributed by atoms with Crippen LogP contribution < -0.4 is 0 Å². The SMILES string of the molecule is CCC1C(c2ccccc2)=NN(C(=O)c2ccccc2)C1O. The summed E-state index contributed by atoms with van der Waals surface area (Å²) < 4.78 is 0. The average molecular weight is 294 g/mol. The molecular weight excluding hydrogens is 276 g/mol. The Balaban J connectivity index is 1.96. The van der Waals surface area contributed by atoms with Crippen molar-refractivity contribution in [3.63, 3.8) is 0 Å². The lowest BCUT2D eigenvalue weighted by molar-refractivity contribution is 0.00261. The zero-order valence-electron chi connectivity index (χ0n) is 12.4. The first-order chi connectivity index (χ1) is 10.7. The van der Waals surface area contributed by atoms with Gasteiger partial charge >= 0.3 is 0 Å². The molecule has 1 aliphatic heterocycles. The second kappa shape index (κ2) is 6.12. The molecule has 0 fully saturated rings. The highest BCUT2D eigenvalue weighted by Crippen LogP contribution is 2.28. The number of amides is 1. The zero-order chi connectivity index (χ0) is 15.5. The molecule has 0 bridgehead atoms. The summed E-state index contributed by atoms with van der Waals surface area (Å²) in [7, 11) is 0. The maximum atomic E-state index is 12.6. The number of rotatable bonds is 3. The highest BCUT2D eigenvalue weighted by Gasteiger charge is 2.38. The number of carbonyl (C=O) groups excluding carboxylic acids is 1. The molecular formula is C18H18N2O2. The summed E-state index contributed by atoms with van der Waals surface area (Å²) in [4.78, 5) is 12.6. The van der Waals surface area contributed by atoms with Gasteiger partial charge in [0.2, 0.25) is 0 Å². The van der Waals surface area contributed by atoms with E-state index >= 15 is 0 Å².